The molecule has 17 heavy (non-hydrogen) atoms. The van der Waals surface area contributed by atoms with Crippen LogP contribution in [0, 0.1) is 5.92 Å². The third-order valence-electron chi connectivity index (χ3n) is 3.25. The van der Waals surface area contributed by atoms with Crippen molar-refractivity contribution in [2.75, 3.05) is 13.1 Å². The molecule has 1 fully saturated rings. The van der Waals surface area contributed by atoms with Crippen molar-refractivity contribution in [2.45, 2.75) is 12.8 Å². The first-order valence-electron chi connectivity index (χ1n) is 6.08. The van der Waals surface area contributed by atoms with Gasteiger partial charge in [-0.2, -0.15) is 5.10 Å². The lowest BCUT2D eigenvalue weighted by molar-refractivity contribution is 0.551. The lowest BCUT2D eigenvalue weighted by atomic mass is 10.0. The van der Waals surface area contributed by atoms with Crippen molar-refractivity contribution < 1.29 is 0 Å². The standard InChI is InChI=1S/C13H16N4/c1-2-4-12(5-3-1)17-13(15-10-16-17)8-11-6-7-14-9-11/h1-5,10-11,14H,6-9H2. The van der Waals surface area contributed by atoms with Crippen LogP contribution in [0.1, 0.15) is 12.2 Å². The average molecular weight is 228 g/mol. The number of nitrogens with zero attached hydrogens (tertiary/aromatic N) is 3. The Morgan fingerprint density at radius 3 is 2.94 bits per heavy atom. The van der Waals surface area contributed by atoms with Crippen LogP contribution in [0.5, 0.6) is 0 Å². The molecule has 1 aromatic carbocycles. The lowest BCUT2D eigenvalue weighted by Crippen LogP contribution is -2.13. The molecular weight excluding hydrogens is 212 g/mol. The molecule has 1 aromatic heterocycles. The van der Waals surface area contributed by atoms with Gasteiger partial charge in [-0.25, -0.2) is 9.67 Å². The fraction of sp³-hybridized carbons (Fsp3) is 0.385. The topological polar surface area (TPSA) is 42.7 Å². The van der Waals surface area contributed by atoms with Gasteiger partial charge in [0, 0.05) is 6.42 Å². The Labute approximate surface area is 101 Å². The molecule has 2 aromatic rings. The zero-order valence-electron chi connectivity index (χ0n) is 9.71. The summed E-state index contributed by atoms with van der Waals surface area (Å²) in [6, 6.07) is 10.2. The molecular formula is C13H16N4. The predicted octanol–water partition coefficient (Wildman–Crippen LogP) is 1.42. The highest BCUT2D eigenvalue weighted by atomic mass is 15.3. The van der Waals surface area contributed by atoms with Crippen LogP contribution in [0.25, 0.3) is 5.69 Å². The van der Waals surface area contributed by atoms with Crippen molar-refractivity contribution in [1.29, 1.82) is 0 Å². The van der Waals surface area contributed by atoms with E-state index in [-0.39, 0.29) is 0 Å². The lowest BCUT2D eigenvalue weighted by Gasteiger charge is -2.09. The molecule has 0 radical (unpaired) electrons. The summed E-state index contributed by atoms with van der Waals surface area (Å²) in [5.41, 5.74) is 1.09. The molecule has 1 aliphatic rings. The third kappa shape index (κ3) is 2.22. The smallest absolute Gasteiger partial charge is 0.138 e. The monoisotopic (exact) mass is 228 g/mol. The first-order valence-corrected chi connectivity index (χ1v) is 6.08. The quantitative estimate of drug-likeness (QED) is 0.864. The van der Waals surface area contributed by atoms with Gasteiger partial charge in [-0.1, -0.05) is 18.2 Å². The van der Waals surface area contributed by atoms with Crippen molar-refractivity contribution in [3.05, 3.63) is 42.5 Å². The van der Waals surface area contributed by atoms with Crippen molar-refractivity contribution >= 4 is 0 Å². The van der Waals surface area contributed by atoms with E-state index in [0.29, 0.717) is 5.92 Å². The molecule has 4 nitrogen and oxygen atoms in total. The highest BCUT2D eigenvalue weighted by Crippen LogP contribution is 2.15. The maximum atomic E-state index is 4.38. The number of rotatable bonds is 3. The Morgan fingerprint density at radius 1 is 1.29 bits per heavy atom. The summed E-state index contributed by atoms with van der Waals surface area (Å²) in [7, 11) is 0. The van der Waals surface area contributed by atoms with E-state index >= 15 is 0 Å². The van der Waals surface area contributed by atoms with Crippen LogP contribution in [0.3, 0.4) is 0 Å². The van der Waals surface area contributed by atoms with Gasteiger partial charge in [0.05, 0.1) is 5.69 Å². The summed E-state index contributed by atoms with van der Waals surface area (Å²) < 4.78 is 1.94. The van der Waals surface area contributed by atoms with Crippen LogP contribution >= 0.6 is 0 Å². The second-order valence-electron chi connectivity index (χ2n) is 4.49. The molecule has 4 heteroatoms. The Balaban J connectivity index is 1.84. The van der Waals surface area contributed by atoms with Crippen molar-refractivity contribution in [3.8, 4) is 5.69 Å². The van der Waals surface area contributed by atoms with Crippen molar-refractivity contribution in [2.24, 2.45) is 5.92 Å². The molecule has 2 heterocycles. The maximum absolute atomic E-state index is 4.38. The molecule has 0 bridgehead atoms. The number of hydrogen-bond acceptors (Lipinski definition) is 3. The molecule has 1 unspecified atom stereocenters. The van der Waals surface area contributed by atoms with Gasteiger partial charge in [0.15, 0.2) is 0 Å². The van der Waals surface area contributed by atoms with Crippen LogP contribution in [0.2, 0.25) is 0 Å². The first-order chi connectivity index (χ1) is 8.43. The van der Waals surface area contributed by atoms with E-state index in [1.807, 2.05) is 22.9 Å². The molecule has 0 saturated carbocycles. The molecule has 0 aliphatic carbocycles. The normalized spacial score (nSPS) is 19.6. The van der Waals surface area contributed by atoms with E-state index < -0.39 is 0 Å². The van der Waals surface area contributed by atoms with E-state index in [9.17, 15) is 0 Å². The molecule has 1 atom stereocenters. The Hall–Kier alpha value is -1.68. The molecule has 0 amide bonds. The summed E-state index contributed by atoms with van der Waals surface area (Å²) in [6.07, 6.45) is 3.88. The zero-order valence-corrected chi connectivity index (χ0v) is 9.71. The van der Waals surface area contributed by atoms with E-state index in [4.69, 9.17) is 0 Å². The van der Waals surface area contributed by atoms with Crippen LogP contribution in [-0.4, -0.2) is 27.9 Å². The Bertz CT molecular complexity index is 471. The largest absolute Gasteiger partial charge is 0.316 e. The summed E-state index contributed by atoms with van der Waals surface area (Å²) in [5.74, 6) is 1.76. The van der Waals surface area contributed by atoms with Gasteiger partial charge >= 0.3 is 0 Å². The molecule has 1 N–H and O–H groups in total. The van der Waals surface area contributed by atoms with E-state index in [2.05, 4.69) is 27.5 Å². The van der Waals surface area contributed by atoms with Crippen LogP contribution in [0.15, 0.2) is 36.7 Å². The number of hydrogen-bond donors (Lipinski definition) is 1. The van der Waals surface area contributed by atoms with E-state index in [1.165, 1.54) is 6.42 Å². The third-order valence-corrected chi connectivity index (χ3v) is 3.25. The second-order valence-corrected chi connectivity index (χ2v) is 4.49. The molecule has 88 valence electrons. The van der Waals surface area contributed by atoms with Gasteiger partial charge in [0.2, 0.25) is 0 Å². The Morgan fingerprint density at radius 2 is 2.18 bits per heavy atom. The van der Waals surface area contributed by atoms with Gasteiger partial charge in [-0.05, 0) is 37.6 Å². The minimum atomic E-state index is 0.696. The SMILES string of the molecule is c1ccc(-n2ncnc2CC2CCNC2)cc1. The van der Waals surface area contributed by atoms with Crippen LogP contribution in [-0.2, 0) is 6.42 Å². The zero-order chi connectivity index (χ0) is 11.5. The number of benzene rings is 1. The molecule has 3 rings (SSSR count). The van der Waals surface area contributed by atoms with Crippen LogP contribution in [0.4, 0.5) is 0 Å². The van der Waals surface area contributed by atoms with Gasteiger partial charge in [0.25, 0.3) is 0 Å². The maximum Gasteiger partial charge on any atom is 0.138 e. The molecule has 0 spiro atoms. The summed E-state index contributed by atoms with van der Waals surface area (Å²) >= 11 is 0. The summed E-state index contributed by atoms with van der Waals surface area (Å²) in [5, 5.41) is 7.70. The number of nitrogens with one attached hydrogen (secondary N) is 1. The summed E-state index contributed by atoms with van der Waals surface area (Å²) in [6.45, 7) is 2.23. The highest BCUT2D eigenvalue weighted by Gasteiger charge is 2.18. The minimum absolute atomic E-state index is 0.696. The van der Waals surface area contributed by atoms with E-state index in [0.717, 1.165) is 31.0 Å². The predicted molar refractivity (Wildman–Crippen MR) is 66.0 cm³/mol. The first kappa shape index (κ1) is 10.5. The Kier molecular flexibility index (Phi) is 2.88. The van der Waals surface area contributed by atoms with Gasteiger partial charge in [0.1, 0.15) is 12.2 Å². The average Bonchev–Trinajstić information content (AvgIpc) is 3.02. The van der Waals surface area contributed by atoms with Gasteiger partial charge in [-0.15, -0.1) is 0 Å². The van der Waals surface area contributed by atoms with E-state index in [1.54, 1.807) is 6.33 Å². The minimum Gasteiger partial charge on any atom is -0.316 e. The highest BCUT2D eigenvalue weighted by molar-refractivity contribution is 5.30. The molecule has 1 aliphatic heterocycles. The number of para-hydroxylation sites is 1. The summed E-state index contributed by atoms with van der Waals surface area (Å²) in [4.78, 5) is 4.38. The fourth-order valence-electron chi connectivity index (χ4n) is 2.34. The van der Waals surface area contributed by atoms with Crippen molar-refractivity contribution in [3.63, 3.8) is 0 Å². The fourth-order valence-corrected chi connectivity index (χ4v) is 2.34. The number of aromatic nitrogens is 3. The van der Waals surface area contributed by atoms with Crippen LogP contribution < -0.4 is 5.32 Å². The second kappa shape index (κ2) is 4.67. The van der Waals surface area contributed by atoms with Gasteiger partial charge in [-0.3, -0.25) is 0 Å². The molecule has 1 saturated heterocycles. The van der Waals surface area contributed by atoms with Crippen molar-refractivity contribution in [1.82, 2.24) is 20.1 Å². The van der Waals surface area contributed by atoms with Gasteiger partial charge < -0.3 is 5.32 Å².